The van der Waals surface area contributed by atoms with Crippen LogP contribution in [-0.4, -0.2) is 5.78 Å². The molecule has 0 saturated carbocycles. The number of hydrogen-bond donors (Lipinski definition) is 0. The third-order valence-electron chi connectivity index (χ3n) is 2.37. The average Bonchev–Trinajstić information content (AvgIpc) is 2.35. The summed E-state index contributed by atoms with van der Waals surface area (Å²) in [6.45, 7) is 0. The predicted octanol–water partition coefficient (Wildman–Crippen LogP) is 5.24. The molecule has 1 nitrogen and oxygen atoms in total. The lowest BCUT2D eigenvalue weighted by atomic mass is 10.0. The van der Waals surface area contributed by atoms with E-state index < -0.39 is 11.6 Å². The molecule has 0 aliphatic carbocycles. The van der Waals surface area contributed by atoms with Gasteiger partial charge < -0.3 is 0 Å². The van der Waals surface area contributed by atoms with Crippen molar-refractivity contribution in [2.45, 2.75) is 0 Å². The summed E-state index contributed by atoms with van der Waals surface area (Å²) >= 11 is 12.2. The standard InChI is InChI=1S/C13H6Br2ClFO/c14-10-5-4-7(16)6-9(10)13(18)8-2-1-3-11(15)12(8)17/h1-6H. The predicted molar refractivity (Wildman–Crippen MR) is 76.7 cm³/mol. The van der Waals surface area contributed by atoms with Crippen LogP contribution >= 0.6 is 43.5 Å². The molecule has 0 aromatic heterocycles. The zero-order chi connectivity index (χ0) is 13.3. The van der Waals surface area contributed by atoms with Gasteiger partial charge in [-0.2, -0.15) is 0 Å². The van der Waals surface area contributed by atoms with Gasteiger partial charge in [0.25, 0.3) is 0 Å². The minimum Gasteiger partial charge on any atom is -0.288 e. The van der Waals surface area contributed by atoms with E-state index in [-0.39, 0.29) is 10.0 Å². The summed E-state index contributed by atoms with van der Waals surface area (Å²) in [5.41, 5.74) is 0.340. The summed E-state index contributed by atoms with van der Waals surface area (Å²) in [5.74, 6) is -0.988. The van der Waals surface area contributed by atoms with E-state index in [4.69, 9.17) is 11.6 Å². The van der Waals surface area contributed by atoms with Gasteiger partial charge >= 0.3 is 0 Å². The number of hydrogen-bond acceptors (Lipinski definition) is 1. The lowest BCUT2D eigenvalue weighted by molar-refractivity contribution is 0.103. The molecule has 0 atom stereocenters. The van der Waals surface area contributed by atoms with Gasteiger partial charge in [-0.25, -0.2) is 4.39 Å². The van der Waals surface area contributed by atoms with Crippen LogP contribution in [0.25, 0.3) is 0 Å². The van der Waals surface area contributed by atoms with Gasteiger partial charge in [0.1, 0.15) is 5.82 Å². The Balaban J connectivity index is 2.55. The Kier molecular flexibility index (Phi) is 4.20. The molecule has 0 radical (unpaired) electrons. The maximum absolute atomic E-state index is 13.9. The van der Waals surface area contributed by atoms with Gasteiger partial charge in [0.2, 0.25) is 0 Å². The highest BCUT2D eigenvalue weighted by atomic mass is 79.9. The molecule has 18 heavy (non-hydrogen) atoms. The van der Waals surface area contributed by atoms with E-state index in [1.807, 2.05) is 0 Å². The first-order chi connectivity index (χ1) is 8.50. The van der Waals surface area contributed by atoms with Crippen LogP contribution in [0, 0.1) is 5.82 Å². The molecule has 0 aliphatic heterocycles. The number of carbonyl (C=O) groups excluding carboxylic acids is 1. The number of carbonyl (C=O) groups is 1. The van der Waals surface area contributed by atoms with Crippen molar-refractivity contribution < 1.29 is 9.18 Å². The minimum absolute atomic E-state index is 0.00680. The van der Waals surface area contributed by atoms with Gasteiger partial charge in [-0.15, -0.1) is 0 Å². The fraction of sp³-hybridized carbons (Fsp3) is 0. The van der Waals surface area contributed by atoms with E-state index in [1.165, 1.54) is 12.1 Å². The van der Waals surface area contributed by atoms with Crippen LogP contribution in [0.2, 0.25) is 5.02 Å². The van der Waals surface area contributed by atoms with E-state index in [0.29, 0.717) is 15.1 Å². The molecule has 0 saturated heterocycles. The SMILES string of the molecule is O=C(c1cc(Cl)ccc1Br)c1cccc(Br)c1F. The molecule has 0 bridgehead atoms. The van der Waals surface area contributed by atoms with Crippen LogP contribution in [0.1, 0.15) is 15.9 Å². The van der Waals surface area contributed by atoms with Gasteiger partial charge in [-0.3, -0.25) is 4.79 Å². The van der Waals surface area contributed by atoms with E-state index in [1.54, 1.807) is 24.3 Å². The van der Waals surface area contributed by atoms with Crippen molar-refractivity contribution in [1.82, 2.24) is 0 Å². The van der Waals surface area contributed by atoms with Gasteiger partial charge in [0, 0.05) is 15.1 Å². The Morgan fingerprint density at radius 1 is 1.06 bits per heavy atom. The molecular formula is C13H6Br2ClFO. The highest BCUT2D eigenvalue weighted by Gasteiger charge is 2.18. The Morgan fingerprint density at radius 3 is 2.50 bits per heavy atom. The minimum atomic E-state index is -0.575. The van der Waals surface area contributed by atoms with Crippen molar-refractivity contribution in [1.29, 1.82) is 0 Å². The third kappa shape index (κ3) is 2.66. The second kappa shape index (κ2) is 5.51. The van der Waals surface area contributed by atoms with Crippen molar-refractivity contribution in [3.05, 3.63) is 67.3 Å². The number of rotatable bonds is 2. The van der Waals surface area contributed by atoms with E-state index in [0.717, 1.165) is 0 Å². The summed E-state index contributed by atoms with van der Waals surface area (Å²) in [7, 11) is 0. The molecule has 2 aromatic carbocycles. The third-order valence-corrected chi connectivity index (χ3v) is 3.91. The zero-order valence-corrected chi connectivity index (χ0v) is 12.8. The Hall–Kier alpha value is -0.710. The van der Waals surface area contributed by atoms with Crippen LogP contribution in [-0.2, 0) is 0 Å². The second-order valence-corrected chi connectivity index (χ2v) is 5.70. The highest BCUT2D eigenvalue weighted by molar-refractivity contribution is 9.10. The fourth-order valence-corrected chi connectivity index (χ4v) is 2.46. The molecule has 5 heteroatoms. The molecule has 0 unspecified atom stereocenters. The number of ketones is 1. The maximum atomic E-state index is 13.9. The van der Waals surface area contributed by atoms with Gasteiger partial charge in [-0.1, -0.05) is 33.6 Å². The number of benzene rings is 2. The largest absolute Gasteiger partial charge is 0.288 e. The molecule has 0 spiro atoms. The van der Waals surface area contributed by atoms with Crippen molar-refractivity contribution in [3.63, 3.8) is 0 Å². The fourth-order valence-electron chi connectivity index (χ4n) is 1.50. The Labute approximate surface area is 125 Å². The molecule has 0 amide bonds. The van der Waals surface area contributed by atoms with E-state index in [2.05, 4.69) is 31.9 Å². The summed E-state index contributed by atoms with van der Waals surface area (Å²) in [4.78, 5) is 12.2. The lowest BCUT2D eigenvalue weighted by Gasteiger charge is -2.06. The quantitative estimate of drug-likeness (QED) is 0.639. The smallest absolute Gasteiger partial charge is 0.197 e. The summed E-state index contributed by atoms with van der Waals surface area (Å²) < 4.78 is 14.7. The summed E-state index contributed by atoms with van der Waals surface area (Å²) in [6, 6.07) is 9.41. The first-order valence-corrected chi connectivity index (χ1v) is 6.91. The van der Waals surface area contributed by atoms with Crippen LogP contribution in [0.5, 0.6) is 0 Å². The molecule has 2 rings (SSSR count). The first kappa shape index (κ1) is 13.7. The van der Waals surface area contributed by atoms with E-state index in [9.17, 15) is 9.18 Å². The number of halogens is 4. The monoisotopic (exact) mass is 390 g/mol. The zero-order valence-electron chi connectivity index (χ0n) is 8.88. The molecular weight excluding hydrogens is 386 g/mol. The van der Waals surface area contributed by atoms with Crippen molar-refractivity contribution in [2.24, 2.45) is 0 Å². The van der Waals surface area contributed by atoms with Crippen LogP contribution < -0.4 is 0 Å². The second-order valence-electron chi connectivity index (χ2n) is 3.55. The van der Waals surface area contributed by atoms with Gasteiger partial charge in [-0.05, 0) is 46.3 Å². The molecule has 0 aliphatic rings. The van der Waals surface area contributed by atoms with Gasteiger partial charge in [0.05, 0.1) is 10.0 Å². The highest BCUT2D eigenvalue weighted by Crippen LogP contribution is 2.26. The summed E-state index contributed by atoms with van der Waals surface area (Å²) in [5, 5.41) is 0.428. The molecule has 0 N–H and O–H groups in total. The Morgan fingerprint density at radius 2 is 1.78 bits per heavy atom. The average molecular weight is 392 g/mol. The van der Waals surface area contributed by atoms with Gasteiger partial charge in [0.15, 0.2) is 5.78 Å². The molecule has 0 heterocycles. The Bertz CT molecular complexity index is 624. The first-order valence-electron chi connectivity index (χ1n) is 4.94. The van der Waals surface area contributed by atoms with Crippen LogP contribution in [0.3, 0.4) is 0 Å². The van der Waals surface area contributed by atoms with Crippen molar-refractivity contribution in [2.75, 3.05) is 0 Å². The molecule has 0 fully saturated rings. The summed E-state index contributed by atoms with van der Waals surface area (Å²) in [6.07, 6.45) is 0. The molecule has 92 valence electrons. The molecule has 2 aromatic rings. The van der Waals surface area contributed by atoms with Crippen LogP contribution in [0.4, 0.5) is 4.39 Å². The van der Waals surface area contributed by atoms with Crippen molar-refractivity contribution in [3.8, 4) is 0 Å². The maximum Gasteiger partial charge on any atom is 0.197 e. The van der Waals surface area contributed by atoms with Crippen LogP contribution in [0.15, 0.2) is 45.3 Å². The van der Waals surface area contributed by atoms with Crippen molar-refractivity contribution >= 4 is 49.2 Å². The normalized spacial score (nSPS) is 10.4. The topological polar surface area (TPSA) is 17.1 Å². The van der Waals surface area contributed by atoms with E-state index >= 15 is 0 Å². The lowest BCUT2D eigenvalue weighted by Crippen LogP contribution is -2.05.